The lowest BCUT2D eigenvalue weighted by Gasteiger charge is -2.15. The highest BCUT2D eigenvalue weighted by molar-refractivity contribution is 7.99. The Hall–Kier alpha value is -2.63. The van der Waals surface area contributed by atoms with Crippen LogP contribution < -0.4 is 0 Å². The van der Waals surface area contributed by atoms with Crippen molar-refractivity contribution in [2.75, 3.05) is 0 Å². The van der Waals surface area contributed by atoms with Crippen LogP contribution in [0.4, 0.5) is 0 Å². The van der Waals surface area contributed by atoms with Crippen LogP contribution in [0.1, 0.15) is 23.3 Å². The minimum Gasteiger partial charge on any atom is -0.298 e. The maximum Gasteiger partial charge on any atom is 0.192 e. The van der Waals surface area contributed by atoms with Crippen LogP contribution in [0.3, 0.4) is 0 Å². The largest absolute Gasteiger partial charge is 0.298 e. The second kappa shape index (κ2) is 8.59. The molecule has 0 N–H and O–H groups in total. The van der Waals surface area contributed by atoms with Gasteiger partial charge < -0.3 is 0 Å². The number of halogens is 1. The standard InChI is InChI=1S/C22H19ClN4S/c1-16(19-9-5-6-10-20(19)23)28-22-26-25-21(18-11-13-24-14-12-18)27(22)15-17-7-3-2-4-8-17/h2-14,16H,15H2,1H3. The molecule has 28 heavy (non-hydrogen) atoms. The van der Waals surface area contributed by atoms with Gasteiger partial charge in [-0.25, -0.2) is 0 Å². The molecule has 0 amide bonds. The molecule has 0 aliphatic heterocycles. The number of aromatic nitrogens is 4. The molecule has 0 fully saturated rings. The van der Waals surface area contributed by atoms with Gasteiger partial charge in [0.1, 0.15) is 0 Å². The van der Waals surface area contributed by atoms with Crippen LogP contribution in [0.15, 0.2) is 84.3 Å². The summed E-state index contributed by atoms with van der Waals surface area (Å²) in [4.78, 5) is 4.11. The molecular weight excluding hydrogens is 388 g/mol. The molecule has 0 bridgehead atoms. The van der Waals surface area contributed by atoms with Crippen molar-refractivity contribution < 1.29 is 0 Å². The fraction of sp³-hybridized carbons (Fsp3) is 0.136. The van der Waals surface area contributed by atoms with E-state index in [4.69, 9.17) is 11.6 Å². The number of benzene rings is 2. The van der Waals surface area contributed by atoms with Crippen LogP contribution in [0, 0.1) is 0 Å². The highest BCUT2D eigenvalue weighted by Gasteiger charge is 2.19. The van der Waals surface area contributed by atoms with Gasteiger partial charge in [0, 0.05) is 28.2 Å². The molecule has 2 aromatic carbocycles. The van der Waals surface area contributed by atoms with Crippen molar-refractivity contribution in [3.8, 4) is 11.4 Å². The van der Waals surface area contributed by atoms with E-state index in [1.807, 2.05) is 48.5 Å². The van der Waals surface area contributed by atoms with Crippen molar-refractivity contribution in [1.82, 2.24) is 19.7 Å². The summed E-state index contributed by atoms with van der Waals surface area (Å²) in [5.74, 6) is 0.833. The Morgan fingerprint density at radius 2 is 1.64 bits per heavy atom. The number of hydrogen-bond acceptors (Lipinski definition) is 4. The van der Waals surface area contributed by atoms with E-state index in [0.29, 0.717) is 6.54 Å². The van der Waals surface area contributed by atoms with Gasteiger partial charge in [0.05, 0.1) is 6.54 Å². The van der Waals surface area contributed by atoms with Crippen molar-refractivity contribution in [3.05, 3.63) is 95.3 Å². The Kier molecular flexibility index (Phi) is 5.74. The first-order valence-electron chi connectivity index (χ1n) is 9.01. The van der Waals surface area contributed by atoms with Gasteiger partial charge in [0.2, 0.25) is 0 Å². The molecule has 1 atom stereocenters. The topological polar surface area (TPSA) is 43.6 Å². The van der Waals surface area contributed by atoms with E-state index in [1.165, 1.54) is 5.56 Å². The van der Waals surface area contributed by atoms with E-state index < -0.39 is 0 Å². The lowest BCUT2D eigenvalue weighted by molar-refractivity contribution is 0.712. The molecule has 0 spiro atoms. The molecule has 4 nitrogen and oxygen atoms in total. The zero-order valence-electron chi connectivity index (χ0n) is 15.4. The van der Waals surface area contributed by atoms with Gasteiger partial charge >= 0.3 is 0 Å². The zero-order chi connectivity index (χ0) is 19.3. The lowest BCUT2D eigenvalue weighted by atomic mass is 10.2. The highest BCUT2D eigenvalue weighted by Crippen LogP contribution is 2.38. The Labute approximate surface area is 173 Å². The second-order valence-corrected chi connectivity index (χ2v) is 8.11. The molecule has 4 aromatic rings. The molecule has 1 unspecified atom stereocenters. The summed E-state index contributed by atoms with van der Waals surface area (Å²) in [5, 5.41) is 10.8. The van der Waals surface area contributed by atoms with Crippen molar-refractivity contribution in [2.45, 2.75) is 23.9 Å². The molecule has 0 saturated heterocycles. The molecule has 0 saturated carbocycles. The maximum absolute atomic E-state index is 6.39. The molecule has 4 rings (SSSR count). The predicted molar refractivity (Wildman–Crippen MR) is 115 cm³/mol. The first kappa shape index (κ1) is 18.7. The summed E-state index contributed by atoms with van der Waals surface area (Å²) in [7, 11) is 0. The molecule has 0 aliphatic carbocycles. The summed E-state index contributed by atoms with van der Waals surface area (Å²) < 4.78 is 2.16. The van der Waals surface area contributed by atoms with Gasteiger partial charge in [0.15, 0.2) is 11.0 Å². The SMILES string of the molecule is CC(Sc1nnc(-c2ccncc2)n1Cc1ccccc1)c1ccccc1Cl. The Balaban J connectivity index is 1.70. The predicted octanol–water partition coefficient (Wildman–Crippen LogP) is 5.90. The molecular formula is C22H19ClN4S. The average molecular weight is 407 g/mol. The fourth-order valence-corrected chi connectivity index (χ4v) is 4.40. The normalized spacial score (nSPS) is 12.1. The van der Waals surface area contributed by atoms with E-state index in [0.717, 1.165) is 27.1 Å². The fourth-order valence-electron chi connectivity index (χ4n) is 3.03. The summed E-state index contributed by atoms with van der Waals surface area (Å²) in [6, 6.07) is 22.2. The van der Waals surface area contributed by atoms with E-state index in [-0.39, 0.29) is 5.25 Å². The van der Waals surface area contributed by atoms with Gasteiger partial charge in [-0.3, -0.25) is 9.55 Å². The van der Waals surface area contributed by atoms with Gasteiger partial charge in [0.25, 0.3) is 0 Å². The molecule has 0 radical (unpaired) electrons. The number of thioether (sulfide) groups is 1. The van der Waals surface area contributed by atoms with Crippen molar-refractivity contribution in [1.29, 1.82) is 0 Å². The minimum absolute atomic E-state index is 0.151. The smallest absolute Gasteiger partial charge is 0.192 e. The summed E-state index contributed by atoms with van der Waals surface area (Å²) >= 11 is 8.05. The van der Waals surface area contributed by atoms with Gasteiger partial charge in [-0.05, 0) is 36.2 Å². The lowest BCUT2D eigenvalue weighted by Crippen LogP contribution is -2.05. The van der Waals surface area contributed by atoms with Crippen LogP contribution >= 0.6 is 23.4 Å². The molecule has 0 aliphatic rings. The van der Waals surface area contributed by atoms with Gasteiger partial charge in [-0.2, -0.15) is 0 Å². The van der Waals surface area contributed by atoms with E-state index in [2.05, 4.69) is 44.9 Å². The second-order valence-electron chi connectivity index (χ2n) is 6.40. The van der Waals surface area contributed by atoms with E-state index in [1.54, 1.807) is 24.2 Å². The summed E-state index contributed by atoms with van der Waals surface area (Å²) in [5.41, 5.74) is 3.29. The first-order chi connectivity index (χ1) is 13.7. The third-order valence-electron chi connectivity index (χ3n) is 4.46. The average Bonchev–Trinajstić information content (AvgIpc) is 3.12. The van der Waals surface area contributed by atoms with E-state index in [9.17, 15) is 0 Å². The molecule has 2 aromatic heterocycles. The highest BCUT2D eigenvalue weighted by atomic mass is 35.5. The van der Waals surface area contributed by atoms with Crippen LogP contribution in [-0.4, -0.2) is 19.7 Å². The molecule has 6 heteroatoms. The van der Waals surface area contributed by atoms with Crippen LogP contribution in [0.25, 0.3) is 11.4 Å². The number of nitrogens with zero attached hydrogens (tertiary/aromatic N) is 4. The Morgan fingerprint density at radius 1 is 0.929 bits per heavy atom. The van der Waals surface area contributed by atoms with Crippen LogP contribution in [0.5, 0.6) is 0 Å². The zero-order valence-corrected chi connectivity index (χ0v) is 16.9. The van der Waals surface area contributed by atoms with Gasteiger partial charge in [-0.15, -0.1) is 10.2 Å². The quantitative estimate of drug-likeness (QED) is 0.374. The third-order valence-corrected chi connectivity index (χ3v) is 5.93. The van der Waals surface area contributed by atoms with Crippen LogP contribution in [-0.2, 0) is 6.54 Å². The summed E-state index contributed by atoms with van der Waals surface area (Å²) in [6.45, 7) is 2.84. The Bertz CT molecular complexity index is 1050. The van der Waals surface area contributed by atoms with Crippen molar-refractivity contribution in [3.63, 3.8) is 0 Å². The molecule has 2 heterocycles. The Morgan fingerprint density at radius 3 is 2.39 bits per heavy atom. The third kappa shape index (κ3) is 4.11. The monoisotopic (exact) mass is 406 g/mol. The summed E-state index contributed by atoms with van der Waals surface area (Å²) in [6.07, 6.45) is 3.55. The maximum atomic E-state index is 6.39. The van der Waals surface area contributed by atoms with Crippen LogP contribution in [0.2, 0.25) is 5.02 Å². The first-order valence-corrected chi connectivity index (χ1v) is 10.3. The van der Waals surface area contributed by atoms with Gasteiger partial charge in [-0.1, -0.05) is 71.9 Å². The number of pyridine rings is 1. The number of hydrogen-bond donors (Lipinski definition) is 0. The van der Waals surface area contributed by atoms with Crippen molar-refractivity contribution in [2.24, 2.45) is 0 Å². The van der Waals surface area contributed by atoms with E-state index >= 15 is 0 Å². The minimum atomic E-state index is 0.151. The van der Waals surface area contributed by atoms with Crippen molar-refractivity contribution >= 4 is 23.4 Å². The number of rotatable bonds is 6. The molecule has 140 valence electrons.